The number of ether oxygens (including phenoxy) is 1. The number of rotatable bonds is 7. The molecular weight excluding hydrogens is 498 g/mol. The highest BCUT2D eigenvalue weighted by Crippen LogP contribution is 2.18. The largest absolute Gasteiger partial charge is 0.491 e. The molecule has 2 amide bonds. The Hall–Kier alpha value is -4.42. The molecule has 2 aliphatic heterocycles. The molecule has 4 aromatic carbocycles. The van der Waals surface area contributed by atoms with Gasteiger partial charge in [0, 0.05) is 26.1 Å². The maximum atomic E-state index is 14.1. The molecule has 2 N–H and O–H groups in total. The van der Waals surface area contributed by atoms with Gasteiger partial charge in [-0.05, 0) is 40.8 Å². The van der Waals surface area contributed by atoms with E-state index in [1.165, 1.54) is 0 Å². The lowest BCUT2D eigenvalue weighted by Crippen LogP contribution is -2.56. The summed E-state index contributed by atoms with van der Waals surface area (Å²) in [5.74, 6) is 0.280. The second-order valence-electron chi connectivity index (χ2n) is 10.1. The zero-order valence-electron chi connectivity index (χ0n) is 22.5. The first-order valence-corrected chi connectivity index (χ1v) is 13.8. The summed E-state index contributed by atoms with van der Waals surface area (Å²) in [6.07, 6.45) is 1.10. The zero-order valence-corrected chi connectivity index (χ0v) is 22.5. The molecule has 0 unspecified atom stereocenters. The number of carbonyl (C=O) groups excluding carboxylic acids is 2. The molecule has 0 aromatic heterocycles. The molecule has 0 radical (unpaired) electrons. The van der Waals surface area contributed by atoms with Crippen LogP contribution in [0.25, 0.3) is 0 Å². The van der Waals surface area contributed by atoms with E-state index in [-0.39, 0.29) is 18.4 Å². The molecule has 4 aromatic rings. The SMILES string of the molecule is O=C1NCCc2ccc(cc2)OC[C@H](N(Cc2ccccc2)Cc2ccccc2)C(=O)N[C@H]1Cc1ccccc1. The van der Waals surface area contributed by atoms with E-state index in [1.807, 2.05) is 91.0 Å². The third-order valence-electron chi connectivity index (χ3n) is 7.16. The maximum Gasteiger partial charge on any atom is 0.242 e. The van der Waals surface area contributed by atoms with E-state index in [0.717, 1.165) is 22.3 Å². The molecule has 6 rings (SSSR count). The fourth-order valence-electron chi connectivity index (χ4n) is 4.97. The van der Waals surface area contributed by atoms with E-state index in [4.69, 9.17) is 4.74 Å². The quantitative estimate of drug-likeness (QED) is 0.366. The molecule has 6 heteroatoms. The van der Waals surface area contributed by atoms with Crippen molar-refractivity contribution in [2.75, 3.05) is 13.2 Å². The minimum atomic E-state index is -0.712. The molecule has 6 nitrogen and oxygen atoms in total. The van der Waals surface area contributed by atoms with Crippen LogP contribution in [-0.4, -0.2) is 41.9 Å². The molecule has 2 bridgehead atoms. The number of nitrogens with zero attached hydrogens (tertiary/aromatic N) is 1. The van der Waals surface area contributed by atoms with Gasteiger partial charge in [0.05, 0.1) is 0 Å². The van der Waals surface area contributed by atoms with E-state index in [9.17, 15) is 9.59 Å². The van der Waals surface area contributed by atoms with E-state index in [2.05, 4.69) is 39.8 Å². The summed E-state index contributed by atoms with van der Waals surface area (Å²) in [7, 11) is 0. The first-order valence-electron chi connectivity index (χ1n) is 13.8. The highest BCUT2D eigenvalue weighted by molar-refractivity contribution is 5.90. The number of hydrogen-bond acceptors (Lipinski definition) is 4. The Morgan fingerprint density at radius 1 is 0.675 bits per heavy atom. The summed E-state index contributed by atoms with van der Waals surface area (Å²) in [5, 5.41) is 6.13. The lowest BCUT2D eigenvalue weighted by Gasteiger charge is -2.32. The van der Waals surface area contributed by atoms with Crippen molar-refractivity contribution in [1.29, 1.82) is 0 Å². The van der Waals surface area contributed by atoms with E-state index < -0.39 is 12.1 Å². The van der Waals surface area contributed by atoms with Gasteiger partial charge < -0.3 is 15.4 Å². The molecule has 0 aliphatic carbocycles. The molecule has 0 saturated heterocycles. The third-order valence-corrected chi connectivity index (χ3v) is 7.16. The van der Waals surface area contributed by atoms with Crippen molar-refractivity contribution in [3.8, 4) is 5.75 Å². The summed E-state index contributed by atoms with van der Waals surface area (Å²) in [6.45, 7) is 1.72. The molecule has 204 valence electrons. The number of carbonyl (C=O) groups is 2. The molecular formula is C34H35N3O3. The Balaban J connectivity index is 1.48. The van der Waals surface area contributed by atoms with Crippen LogP contribution in [0.2, 0.25) is 0 Å². The van der Waals surface area contributed by atoms with Gasteiger partial charge >= 0.3 is 0 Å². The molecule has 0 spiro atoms. The first kappa shape index (κ1) is 27.2. The van der Waals surface area contributed by atoms with Crippen molar-refractivity contribution in [2.45, 2.75) is 38.0 Å². The van der Waals surface area contributed by atoms with E-state index in [1.54, 1.807) is 0 Å². The monoisotopic (exact) mass is 533 g/mol. The van der Waals surface area contributed by atoms with Crippen LogP contribution < -0.4 is 15.4 Å². The first-order chi connectivity index (χ1) is 19.6. The molecule has 2 aliphatic rings. The van der Waals surface area contributed by atoms with E-state index >= 15 is 0 Å². The summed E-state index contributed by atoms with van der Waals surface area (Å²) in [6, 6.07) is 36.5. The molecule has 0 saturated carbocycles. The van der Waals surface area contributed by atoms with Crippen LogP contribution in [0, 0.1) is 0 Å². The lowest BCUT2D eigenvalue weighted by molar-refractivity contribution is -0.133. The minimum absolute atomic E-state index is 0.143. The van der Waals surface area contributed by atoms with Crippen LogP contribution in [-0.2, 0) is 35.5 Å². The zero-order chi connectivity index (χ0) is 27.6. The summed E-state index contributed by atoms with van der Waals surface area (Å²) in [4.78, 5) is 29.6. The minimum Gasteiger partial charge on any atom is -0.491 e. The fraction of sp³-hybridized carbons (Fsp3) is 0.235. The Morgan fingerprint density at radius 3 is 1.80 bits per heavy atom. The van der Waals surface area contributed by atoms with Crippen molar-refractivity contribution in [3.63, 3.8) is 0 Å². The van der Waals surface area contributed by atoms with Crippen LogP contribution in [0.3, 0.4) is 0 Å². The Labute approximate surface area is 236 Å². The Morgan fingerprint density at radius 2 is 1.23 bits per heavy atom. The predicted octanol–water partition coefficient (Wildman–Crippen LogP) is 4.54. The average Bonchev–Trinajstić information content (AvgIpc) is 2.99. The van der Waals surface area contributed by atoms with E-state index in [0.29, 0.717) is 38.2 Å². The fourth-order valence-corrected chi connectivity index (χ4v) is 4.97. The third kappa shape index (κ3) is 7.58. The second kappa shape index (κ2) is 13.6. The van der Waals surface area contributed by atoms with Crippen LogP contribution in [0.15, 0.2) is 115 Å². The summed E-state index contributed by atoms with van der Waals surface area (Å²) < 4.78 is 6.22. The number of hydrogen-bond donors (Lipinski definition) is 2. The highest BCUT2D eigenvalue weighted by Gasteiger charge is 2.31. The molecule has 40 heavy (non-hydrogen) atoms. The van der Waals surface area contributed by atoms with Gasteiger partial charge in [0.15, 0.2) is 0 Å². The maximum absolute atomic E-state index is 14.1. The standard InChI is InChI=1S/C34H35N3O3/c38-33-31(22-27-10-4-1-5-11-27)36-34(39)32(25-40-30-18-16-26(17-19-30)20-21-35-33)37(23-28-12-6-2-7-13-28)24-29-14-8-3-9-15-29/h1-19,31-32H,20-25H2,(H,35,38)(H,36,39)/t31-,32-/m0/s1. The van der Waals surface area contributed by atoms with Gasteiger partial charge in [0.25, 0.3) is 0 Å². The van der Waals surface area contributed by atoms with Gasteiger partial charge in [0.1, 0.15) is 24.4 Å². The Kier molecular flexibility index (Phi) is 9.22. The average molecular weight is 534 g/mol. The molecule has 2 atom stereocenters. The van der Waals surface area contributed by atoms with Gasteiger partial charge in [-0.2, -0.15) is 0 Å². The van der Waals surface area contributed by atoms with Gasteiger partial charge in [-0.15, -0.1) is 0 Å². The number of amides is 2. The molecule has 2 heterocycles. The summed E-state index contributed by atoms with van der Waals surface area (Å²) >= 11 is 0. The van der Waals surface area contributed by atoms with Crippen LogP contribution >= 0.6 is 0 Å². The van der Waals surface area contributed by atoms with Crippen molar-refractivity contribution in [2.24, 2.45) is 0 Å². The smallest absolute Gasteiger partial charge is 0.242 e. The van der Waals surface area contributed by atoms with Gasteiger partial charge in [-0.25, -0.2) is 0 Å². The summed E-state index contributed by atoms with van der Waals surface area (Å²) in [5.41, 5.74) is 4.28. The van der Waals surface area contributed by atoms with Crippen LogP contribution in [0.5, 0.6) is 5.75 Å². The van der Waals surface area contributed by atoms with Gasteiger partial charge in [-0.3, -0.25) is 14.5 Å². The normalized spacial score (nSPS) is 17.9. The topological polar surface area (TPSA) is 70.7 Å². The van der Waals surface area contributed by atoms with Crippen molar-refractivity contribution < 1.29 is 14.3 Å². The van der Waals surface area contributed by atoms with Gasteiger partial charge in [-0.1, -0.05) is 103 Å². The highest BCUT2D eigenvalue weighted by atomic mass is 16.5. The number of nitrogens with one attached hydrogen (secondary N) is 2. The van der Waals surface area contributed by atoms with Crippen LogP contribution in [0.4, 0.5) is 0 Å². The second-order valence-corrected chi connectivity index (χ2v) is 10.1. The van der Waals surface area contributed by atoms with Crippen molar-refractivity contribution >= 4 is 11.8 Å². The van der Waals surface area contributed by atoms with Crippen molar-refractivity contribution in [3.05, 3.63) is 138 Å². The predicted molar refractivity (Wildman–Crippen MR) is 157 cm³/mol. The molecule has 0 fully saturated rings. The lowest BCUT2D eigenvalue weighted by atomic mass is 10.0. The number of fused-ring (bicyclic) bond motifs is 11. The van der Waals surface area contributed by atoms with Gasteiger partial charge in [0.2, 0.25) is 11.8 Å². The number of benzene rings is 4. The Bertz CT molecular complexity index is 1320. The van der Waals surface area contributed by atoms with Crippen LogP contribution in [0.1, 0.15) is 22.3 Å². The van der Waals surface area contributed by atoms with Crippen molar-refractivity contribution in [1.82, 2.24) is 15.5 Å².